The van der Waals surface area contributed by atoms with Crippen molar-refractivity contribution >= 4 is 13.8 Å². The van der Waals surface area contributed by atoms with Crippen molar-refractivity contribution < 1.29 is 28.0 Å². The fourth-order valence-corrected chi connectivity index (χ4v) is 1.08. The summed E-state index contributed by atoms with van der Waals surface area (Å²) >= 11 is 0. The molecular weight excluding hydrogens is 201 g/mol. The van der Waals surface area contributed by atoms with E-state index in [0.717, 1.165) is 7.11 Å². The van der Waals surface area contributed by atoms with Crippen molar-refractivity contribution in [2.45, 2.75) is 0 Å². The highest BCUT2D eigenvalue weighted by Gasteiger charge is 2.22. The number of hydrogen-bond acceptors (Lipinski definition) is 6. The normalized spacial score (nSPS) is 15.0. The molecule has 0 aromatic carbocycles. The van der Waals surface area contributed by atoms with Crippen molar-refractivity contribution in [2.75, 3.05) is 26.9 Å². The molecule has 0 rings (SSSR count). The van der Waals surface area contributed by atoms with Gasteiger partial charge in [0.15, 0.2) is 6.61 Å². The van der Waals surface area contributed by atoms with Gasteiger partial charge in [-0.3, -0.25) is 9.05 Å². The number of carbonyl (C=O) groups is 1. The first-order chi connectivity index (χ1) is 6.02. The second kappa shape index (κ2) is 6.06. The Balaban J connectivity index is 3.75. The molecule has 7 nitrogen and oxygen atoms in total. The van der Waals surface area contributed by atoms with Gasteiger partial charge in [-0.25, -0.2) is 9.36 Å². The summed E-state index contributed by atoms with van der Waals surface area (Å²) in [6.07, 6.45) is 0. The van der Waals surface area contributed by atoms with Gasteiger partial charge in [0.1, 0.15) is 0 Å². The molecule has 0 radical (unpaired) electrons. The largest absolute Gasteiger partial charge is 0.472 e. The van der Waals surface area contributed by atoms with E-state index in [2.05, 4.69) is 13.8 Å². The molecule has 0 aromatic heterocycles. The quantitative estimate of drug-likeness (QED) is 0.441. The molecule has 0 aliphatic heterocycles. The van der Waals surface area contributed by atoms with Crippen LogP contribution in [0.4, 0.5) is 0 Å². The zero-order chi connectivity index (χ0) is 10.3. The first kappa shape index (κ1) is 12.5. The number of phosphoric acid groups is 1. The summed E-state index contributed by atoms with van der Waals surface area (Å²) in [5.74, 6) is -0.759. The minimum atomic E-state index is -4.16. The molecule has 0 bridgehead atoms. The molecule has 1 atom stereocenters. The number of esters is 1. The first-order valence-corrected chi connectivity index (χ1v) is 4.90. The Kier molecular flexibility index (Phi) is 5.85. The summed E-state index contributed by atoms with van der Waals surface area (Å²) in [7, 11) is -3.02. The molecule has 8 heteroatoms. The number of hydrogen-bond donors (Lipinski definition) is 2. The van der Waals surface area contributed by atoms with Gasteiger partial charge in [-0.1, -0.05) is 0 Å². The maximum atomic E-state index is 10.8. The molecule has 0 spiro atoms. The second-order valence-electron chi connectivity index (χ2n) is 1.94. The molecule has 0 saturated carbocycles. The van der Waals surface area contributed by atoms with Crippen LogP contribution in [0.15, 0.2) is 0 Å². The van der Waals surface area contributed by atoms with Crippen molar-refractivity contribution in [3.63, 3.8) is 0 Å². The minimum Gasteiger partial charge on any atom is -0.467 e. The molecule has 0 aliphatic carbocycles. The summed E-state index contributed by atoms with van der Waals surface area (Å²) in [4.78, 5) is 19.3. The van der Waals surface area contributed by atoms with Crippen LogP contribution < -0.4 is 5.73 Å². The third-order valence-electron chi connectivity index (χ3n) is 0.945. The molecule has 1 unspecified atom stereocenters. The van der Waals surface area contributed by atoms with Crippen LogP contribution in [0, 0.1) is 0 Å². The smallest absolute Gasteiger partial charge is 0.467 e. The van der Waals surface area contributed by atoms with Crippen molar-refractivity contribution in [2.24, 2.45) is 5.73 Å². The van der Waals surface area contributed by atoms with Crippen LogP contribution in [0.3, 0.4) is 0 Å². The Morgan fingerprint density at radius 1 is 1.54 bits per heavy atom. The fourth-order valence-electron chi connectivity index (χ4n) is 0.399. The van der Waals surface area contributed by atoms with Crippen molar-refractivity contribution in [1.29, 1.82) is 0 Å². The van der Waals surface area contributed by atoms with E-state index < -0.39 is 20.4 Å². The number of methoxy groups -OCH3 is 1. The highest BCUT2D eigenvalue weighted by molar-refractivity contribution is 7.47. The molecule has 0 heterocycles. The third-order valence-corrected chi connectivity index (χ3v) is 1.91. The van der Waals surface area contributed by atoms with E-state index in [0.29, 0.717) is 0 Å². The van der Waals surface area contributed by atoms with Gasteiger partial charge in [0.25, 0.3) is 0 Å². The van der Waals surface area contributed by atoms with Gasteiger partial charge < -0.3 is 15.4 Å². The van der Waals surface area contributed by atoms with Crippen molar-refractivity contribution in [1.82, 2.24) is 0 Å². The number of phosphoric ester groups is 1. The van der Waals surface area contributed by atoms with E-state index >= 15 is 0 Å². The van der Waals surface area contributed by atoms with Crippen LogP contribution in [0.2, 0.25) is 0 Å². The van der Waals surface area contributed by atoms with Crippen molar-refractivity contribution in [3.8, 4) is 0 Å². The molecule has 13 heavy (non-hydrogen) atoms. The van der Waals surface area contributed by atoms with Gasteiger partial charge in [0, 0.05) is 6.54 Å². The zero-order valence-corrected chi connectivity index (χ0v) is 8.03. The standard InChI is InChI=1S/C5H12NO6P/c1-10-5(7)4-12-13(8,9)11-3-2-6/h2-4,6H2,1H3,(H,8,9). The van der Waals surface area contributed by atoms with E-state index in [1.165, 1.54) is 0 Å². The lowest BCUT2D eigenvalue weighted by Crippen LogP contribution is -2.12. The van der Waals surface area contributed by atoms with E-state index in [1.54, 1.807) is 0 Å². The van der Waals surface area contributed by atoms with Crippen LogP contribution >= 0.6 is 7.82 Å². The molecule has 78 valence electrons. The van der Waals surface area contributed by atoms with E-state index in [4.69, 9.17) is 10.6 Å². The minimum absolute atomic E-state index is 0.0894. The summed E-state index contributed by atoms with van der Waals surface area (Å²) in [6, 6.07) is 0. The van der Waals surface area contributed by atoms with Crippen molar-refractivity contribution in [3.05, 3.63) is 0 Å². The predicted octanol–water partition coefficient (Wildman–Crippen LogP) is -0.748. The lowest BCUT2D eigenvalue weighted by Gasteiger charge is -2.09. The third kappa shape index (κ3) is 6.68. The molecule has 3 N–H and O–H groups in total. The SMILES string of the molecule is COC(=O)COP(=O)(O)OCCN. The number of carbonyl (C=O) groups excluding carboxylic acids is 1. The number of nitrogens with two attached hydrogens (primary N) is 1. The zero-order valence-electron chi connectivity index (χ0n) is 7.13. The maximum absolute atomic E-state index is 10.8. The van der Waals surface area contributed by atoms with Crippen LogP contribution in [-0.4, -0.2) is 37.7 Å². The van der Waals surface area contributed by atoms with E-state index in [9.17, 15) is 9.36 Å². The molecule has 0 fully saturated rings. The Labute approximate surface area is 75.4 Å². The Morgan fingerprint density at radius 3 is 2.62 bits per heavy atom. The monoisotopic (exact) mass is 213 g/mol. The summed E-state index contributed by atoms with van der Waals surface area (Å²) in [6.45, 7) is -0.657. The highest BCUT2D eigenvalue weighted by Crippen LogP contribution is 2.42. The molecule has 0 aromatic rings. The molecule has 0 amide bonds. The topological polar surface area (TPSA) is 108 Å². The van der Waals surface area contributed by atoms with Crippen LogP contribution in [0.1, 0.15) is 0 Å². The van der Waals surface area contributed by atoms with Gasteiger partial charge in [0.2, 0.25) is 0 Å². The Hall–Kier alpha value is -0.460. The Bertz CT molecular complexity index is 207. The average molecular weight is 213 g/mol. The van der Waals surface area contributed by atoms with Gasteiger partial charge in [-0.05, 0) is 0 Å². The number of rotatable bonds is 6. The van der Waals surface area contributed by atoms with Gasteiger partial charge >= 0.3 is 13.8 Å². The maximum Gasteiger partial charge on any atom is 0.472 e. The predicted molar refractivity (Wildman–Crippen MR) is 42.8 cm³/mol. The summed E-state index contributed by atoms with van der Waals surface area (Å²) in [5.41, 5.74) is 5.01. The summed E-state index contributed by atoms with van der Waals surface area (Å²) in [5, 5.41) is 0. The van der Waals surface area contributed by atoms with Crippen LogP contribution in [0.5, 0.6) is 0 Å². The molecule has 0 saturated heterocycles. The van der Waals surface area contributed by atoms with Crippen LogP contribution in [0.25, 0.3) is 0 Å². The summed E-state index contributed by atoms with van der Waals surface area (Å²) < 4.78 is 23.6. The molecular formula is C5H12NO6P. The Morgan fingerprint density at radius 2 is 2.15 bits per heavy atom. The fraction of sp³-hybridized carbons (Fsp3) is 0.800. The average Bonchev–Trinajstić information content (AvgIpc) is 2.11. The van der Waals surface area contributed by atoms with E-state index in [1.807, 2.05) is 0 Å². The lowest BCUT2D eigenvalue weighted by atomic mass is 10.8. The number of ether oxygens (including phenoxy) is 1. The lowest BCUT2D eigenvalue weighted by molar-refractivity contribution is -0.143. The second-order valence-corrected chi connectivity index (χ2v) is 3.39. The molecule has 0 aliphatic rings. The first-order valence-electron chi connectivity index (χ1n) is 3.40. The highest BCUT2D eigenvalue weighted by atomic mass is 31.2. The van der Waals surface area contributed by atoms with Gasteiger partial charge in [-0.15, -0.1) is 0 Å². The van der Waals surface area contributed by atoms with E-state index in [-0.39, 0.29) is 13.2 Å². The van der Waals surface area contributed by atoms with Crippen LogP contribution in [-0.2, 0) is 23.1 Å². The van der Waals surface area contributed by atoms with Gasteiger partial charge in [-0.2, -0.15) is 0 Å². The van der Waals surface area contributed by atoms with Gasteiger partial charge in [0.05, 0.1) is 13.7 Å².